The van der Waals surface area contributed by atoms with Crippen molar-refractivity contribution in [3.05, 3.63) is 29.8 Å². The van der Waals surface area contributed by atoms with Crippen LogP contribution >= 0.6 is 15.9 Å². The normalized spacial score (nSPS) is 10.2. The highest BCUT2D eigenvalue weighted by Gasteiger charge is 2.06. The Labute approximate surface area is 133 Å². The summed E-state index contributed by atoms with van der Waals surface area (Å²) in [4.78, 5) is 22.9. The van der Waals surface area contributed by atoms with Gasteiger partial charge in [0.2, 0.25) is 0 Å². The van der Waals surface area contributed by atoms with Crippen molar-refractivity contribution in [2.75, 3.05) is 18.5 Å². The lowest BCUT2D eigenvalue weighted by molar-refractivity contribution is -0.146. The van der Waals surface area contributed by atoms with E-state index in [2.05, 4.69) is 22.9 Å². The maximum absolute atomic E-state index is 11.5. The van der Waals surface area contributed by atoms with Crippen molar-refractivity contribution in [2.24, 2.45) is 0 Å². The van der Waals surface area contributed by atoms with Gasteiger partial charge in [0.25, 0.3) is 0 Å². The molecule has 0 fully saturated rings. The average molecular weight is 357 g/mol. The second kappa shape index (κ2) is 10.4. The Morgan fingerprint density at radius 1 is 1.10 bits per heavy atom. The van der Waals surface area contributed by atoms with Crippen LogP contribution in [0.15, 0.2) is 24.3 Å². The minimum Gasteiger partial charge on any atom is -0.482 e. The van der Waals surface area contributed by atoms with Gasteiger partial charge >= 0.3 is 5.97 Å². The number of esters is 1. The monoisotopic (exact) mass is 356 g/mol. The number of halogens is 1. The van der Waals surface area contributed by atoms with Gasteiger partial charge < -0.3 is 9.47 Å². The summed E-state index contributed by atoms with van der Waals surface area (Å²) in [6.45, 7) is 2.47. The molecule has 1 aromatic carbocycles. The lowest BCUT2D eigenvalue weighted by Gasteiger charge is -2.07. The average Bonchev–Trinajstić information content (AvgIpc) is 2.52. The Morgan fingerprint density at radius 3 is 2.43 bits per heavy atom. The first-order valence-electron chi connectivity index (χ1n) is 7.15. The quantitative estimate of drug-likeness (QED) is 0.277. The van der Waals surface area contributed by atoms with E-state index in [1.54, 1.807) is 24.3 Å². The first kappa shape index (κ1) is 17.7. The number of ether oxygens (including phenoxy) is 2. The minimum atomic E-state index is -0.368. The fraction of sp³-hybridized carbons (Fsp3) is 0.500. The molecule has 0 saturated heterocycles. The zero-order chi connectivity index (χ0) is 15.5. The lowest BCUT2D eigenvalue weighted by atomic mass is 10.1. The molecule has 0 amide bonds. The molecule has 1 rings (SSSR count). The fourth-order valence-electron chi connectivity index (χ4n) is 1.71. The third kappa shape index (κ3) is 7.27. The SMILES string of the molecule is CCCCCCOC(=O)COc1ccc(C(=O)CBr)cc1. The second-order valence-corrected chi connectivity index (χ2v) is 5.21. The Hall–Kier alpha value is -1.36. The van der Waals surface area contributed by atoms with Crippen molar-refractivity contribution in [3.63, 3.8) is 0 Å². The highest BCUT2D eigenvalue weighted by Crippen LogP contribution is 2.13. The summed E-state index contributed by atoms with van der Waals surface area (Å²) in [5.41, 5.74) is 0.609. The summed E-state index contributed by atoms with van der Waals surface area (Å²) in [6, 6.07) is 6.69. The first-order valence-corrected chi connectivity index (χ1v) is 8.27. The van der Waals surface area contributed by atoms with Gasteiger partial charge in [0.05, 0.1) is 11.9 Å². The molecule has 0 radical (unpaired) electrons. The largest absolute Gasteiger partial charge is 0.482 e. The molecular weight excluding hydrogens is 336 g/mol. The van der Waals surface area contributed by atoms with Crippen LogP contribution in [-0.4, -0.2) is 30.3 Å². The van der Waals surface area contributed by atoms with E-state index in [0.29, 0.717) is 17.9 Å². The van der Waals surface area contributed by atoms with Gasteiger partial charge in [-0.3, -0.25) is 4.79 Å². The number of hydrogen-bond donors (Lipinski definition) is 0. The Kier molecular flexibility index (Phi) is 8.74. The second-order valence-electron chi connectivity index (χ2n) is 4.65. The maximum atomic E-state index is 11.5. The Morgan fingerprint density at radius 2 is 1.81 bits per heavy atom. The molecular formula is C16H21BrO4. The molecule has 4 nitrogen and oxygen atoms in total. The van der Waals surface area contributed by atoms with Crippen LogP contribution in [0.5, 0.6) is 5.75 Å². The van der Waals surface area contributed by atoms with Crippen molar-refractivity contribution < 1.29 is 19.1 Å². The fourth-order valence-corrected chi connectivity index (χ4v) is 2.04. The summed E-state index contributed by atoms with van der Waals surface area (Å²) in [7, 11) is 0. The zero-order valence-electron chi connectivity index (χ0n) is 12.3. The van der Waals surface area contributed by atoms with Gasteiger partial charge in [-0.2, -0.15) is 0 Å². The highest BCUT2D eigenvalue weighted by atomic mass is 79.9. The van der Waals surface area contributed by atoms with Gasteiger partial charge in [-0.15, -0.1) is 0 Å². The van der Waals surface area contributed by atoms with E-state index in [0.717, 1.165) is 25.7 Å². The van der Waals surface area contributed by atoms with E-state index < -0.39 is 0 Å². The Bertz CT molecular complexity index is 442. The molecule has 0 saturated carbocycles. The number of benzene rings is 1. The molecule has 0 aliphatic rings. The van der Waals surface area contributed by atoms with Crippen molar-refractivity contribution >= 4 is 27.7 Å². The zero-order valence-corrected chi connectivity index (χ0v) is 13.9. The molecule has 1 aromatic rings. The van der Waals surface area contributed by atoms with Crippen LogP contribution < -0.4 is 4.74 Å². The number of carbonyl (C=O) groups excluding carboxylic acids is 2. The van der Waals surface area contributed by atoms with Crippen LogP contribution in [0.1, 0.15) is 43.0 Å². The molecule has 0 aromatic heterocycles. The number of carbonyl (C=O) groups is 2. The number of alkyl halides is 1. The van der Waals surface area contributed by atoms with E-state index in [4.69, 9.17) is 9.47 Å². The van der Waals surface area contributed by atoms with Gasteiger partial charge in [-0.1, -0.05) is 42.1 Å². The number of ketones is 1. The van der Waals surface area contributed by atoms with E-state index in [1.165, 1.54) is 0 Å². The number of hydrogen-bond acceptors (Lipinski definition) is 4. The van der Waals surface area contributed by atoms with Crippen LogP contribution in [0, 0.1) is 0 Å². The molecule has 0 spiro atoms. The van der Waals surface area contributed by atoms with Gasteiger partial charge in [-0.05, 0) is 30.7 Å². The van der Waals surface area contributed by atoms with Crippen molar-refractivity contribution in [2.45, 2.75) is 32.6 Å². The topological polar surface area (TPSA) is 52.6 Å². The molecule has 0 unspecified atom stereocenters. The van der Waals surface area contributed by atoms with Gasteiger partial charge in [0.15, 0.2) is 12.4 Å². The summed E-state index contributed by atoms with van der Waals surface area (Å²) in [5.74, 6) is 0.184. The molecule has 21 heavy (non-hydrogen) atoms. The lowest BCUT2D eigenvalue weighted by Crippen LogP contribution is -2.15. The number of rotatable bonds is 10. The van der Waals surface area contributed by atoms with Crippen molar-refractivity contribution in [3.8, 4) is 5.75 Å². The Balaban J connectivity index is 2.25. The van der Waals surface area contributed by atoms with Crippen LogP contribution in [0.2, 0.25) is 0 Å². The van der Waals surface area contributed by atoms with E-state index in [9.17, 15) is 9.59 Å². The predicted octanol–water partition coefficient (Wildman–Crippen LogP) is 3.77. The van der Waals surface area contributed by atoms with Crippen LogP contribution in [0.25, 0.3) is 0 Å². The number of unbranched alkanes of at least 4 members (excludes halogenated alkanes) is 3. The van der Waals surface area contributed by atoms with Crippen LogP contribution in [0.4, 0.5) is 0 Å². The standard InChI is InChI=1S/C16H21BrO4/c1-2-3-4-5-10-20-16(19)12-21-14-8-6-13(7-9-14)15(18)11-17/h6-9H,2-5,10-12H2,1H3. The van der Waals surface area contributed by atoms with Gasteiger partial charge in [0, 0.05) is 5.56 Å². The maximum Gasteiger partial charge on any atom is 0.344 e. The van der Waals surface area contributed by atoms with E-state index in [-0.39, 0.29) is 23.7 Å². The minimum absolute atomic E-state index is 0.00744. The molecule has 0 atom stereocenters. The smallest absolute Gasteiger partial charge is 0.344 e. The van der Waals surface area contributed by atoms with E-state index in [1.807, 2.05) is 0 Å². The molecule has 116 valence electrons. The van der Waals surface area contributed by atoms with Gasteiger partial charge in [0.1, 0.15) is 5.75 Å². The molecule has 0 heterocycles. The van der Waals surface area contributed by atoms with Crippen LogP contribution in [0.3, 0.4) is 0 Å². The number of Topliss-reactive ketones (excluding diaryl/α,β-unsaturated/α-hetero) is 1. The molecule has 0 aliphatic carbocycles. The van der Waals surface area contributed by atoms with Gasteiger partial charge in [-0.25, -0.2) is 4.79 Å². The molecule has 0 aliphatic heterocycles. The van der Waals surface area contributed by atoms with Crippen molar-refractivity contribution in [1.82, 2.24) is 0 Å². The molecule has 0 bridgehead atoms. The van der Waals surface area contributed by atoms with Crippen molar-refractivity contribution in [1.29, 1.82) is 0 Å². The summed E-state index contributed by atoms with van der Waals surface area (Å²) in [5, 5.41) is 0.289. The van der Waals surface area contributed by atoms with Crippen LogP contribution in [-0.2, 0) is 9.53 Å². The molecule has 5 heteroatoms. The summed E-state index contributed by atoms with van der Waals surface area (Å²) in [6.07, 6.45) is 4.29. The molecule has 0 N–H and O–H groups in total. The third-order valence-corrected chi connectivity index (χ3v) is 3.42. The highest BCUT2D eigenvalue weighted by molar-refractivity contribution is 9.09. The summed E-state index contributed by atoms with van der Waals surface area (Å²) < 4.78 is 10.4. The van der Waals surface area contributed by atoms with E-state index >= 15 is 0 Å². The summed E-state index contributed by atoms with van der Waals surface area (Å²) >= 11 is 3.12. The third-order valence-electron chi connectivity index (χ3n) is 2.92. The first-order chi connectivity index (χ1) is 10.2. The predicted molar refractivity (Wildman–Crippen MR) is 85.2 cm³/mol.